The number of pyridine rings is 1. The predicted molar refractivity (Wildman–Crippen MR) is 49.7 cm³/mol. The highest BCUT2D eigenvalue weighted by atomic mass is 16.5. The highest BCUT2D eigenvalue weighted by Crippen LogP contribution is 2.14. The van der Waals surface area contributed by atoms with Crippen molar-refractivity contribution in [1.82, 2.24) is 4.98 Å². The molecule has 1 rings (SSSR count). The van der Waals surface area contributed by atoms with Gasteiger partial charge in [-0.2, -0.15) is 0 Å². The maximum atomic E-state index is 11.4. The summed E-state index contributed by atoms with van der Waals surface area (Å²) in [6.45, 7) is 1.70. The van der Waals surface area contributed by atoms with Crippen molar-refractivity contribution in [3.05, 3.63) is 27.7 Å². The van der Waals surface area contributed by atoms with Gasteiger partial charge >= 0.3 is 5.97 Å². The Balaban J connectivity index is 3.25. The topological polar surface area (TPSA) is 79.4 Å². The molecule has 0 aromatic carbocycles. The molecule has 0 aliphatic heterocycles. The third kappa shape index (κ3) is 2.12. The molecule has 76 valence electrons. The van der Waals surface area contributed by atoms with Crippen molar-refractivity contribution in [2.24, 2.45) is 0 Å². The van der Waals surface area contributed by atoms with Gasteiger partial charge in [0.1, 0.15) is 5.75 Å². The van der Waals surface area contributed by atoms with Crippen molar-refractivity contribution in [2.45, 2.75) is 13.3 Å². The van der Waals surface area contributed by atoms with Crippen LogP contribution in [-0.2, 0) is 11.2 Å². The molecule has 0 saturated carbocycles. The summed E-state index contributed by atoms with van der Waals surface area (Å²) >= 11 is 0. The number of aromatic amines is 1. The van der Waals surface area contributed by atoms with E-state index in [2.05, 4.69) is 4.98 Å². The Morgan fingerprint density at radius 3 is 2.79 bits per heavy atom. The van der Waals surface area contributed by atoms with Crippen molar-refractivity contribution in [1.29, 1.82) is 0 Å². The van der Waals surface area contributed by atoms with Gasteiger partial charge in [-0.1, -0.05) is 0 Å². The molecule has 0 amide bonds. The number of aliphatic carboxylic acids is 1. The van der Waals surface area contributed by atoms with Crippen LogP contribution >= 0.6 is 0 Å². The van der Waals surface area contributed by atoms with Crippen molar-refractivity contribution < 1.29 is 14.6 Å². The van der Waals surface area contributed by atoms with Crippen LogP contribution in [0.25, 0.3) is 0 Å². The van der Waals surface area contributed by atoms with E-state index in [0.29, 0.717) is 11.4 Å². The fraction of sp³-hybridized carbons (Fsp3) is 0.333. The Morgan fingerprint density at radius 2 is 2.29 bits per heavy atom. The summed E-state index contributed by atoms with van der Waals surface area (Å²) in [6, 6.07) is 1.60. The molecule has 1 heterocycles. The number of ether oxygens (including phenoxy) is 1. The Kier molecular flexibility index (Phi) is 2.91. The quantitative estimate of drug-likeness (QED) is 0.731. The lowest BCUT2D eigenvalue weighted by Crippen LogP contribution is -2.18. The number of carbonyl (C=O) groups is 1. The second-order valence-electron chi connectivity index (χ2n) is 2.90. The first kappa shape index (κ1) is 10.3. The number of carboxylic acid groups (broad SMARTS) is 1. The highest BCUT2D eigenvalue weighted by molar-refractivity contribution is 5.71. The molecule has 0 fully saturated rings. The smallest absolute Gasteiger partial charge is 0.308 e. The van der Waals surface area contributed by atoms with Crippen molar-refractivity contribution in [3.8, 4) is 5.75 Å². The normalized spacial score (nSPS) is 9.86. The molecule has 5 heteroatoms. The van der Waals surface area contributed by atoms with Gasteiger partial charge in [-0.3, -0.25) is 9.59 Å². The van der Waals surface area contributed by atoms with Gasteiger partial charge in [0.05, 0.1) is 19.1 Å². The summed E-state index contributed by atoms with van der Waals surface area (Å²) in [5.74, 6) is -0.744. The number of aromatic nitrogens is 1. The minimum absolute atomic E-state index is 0.144. The summed E-state index contributed by atoms with van der Waals surface area (Å²) < 4.78 is 4.92. The molecule has 0 radical (unpaired) electrons. The van der Waals surface area contributed by atoms with Gasteiger partial charge in [0.25, 0.3) is 5.56 Å². The molecule has 0 aliphatic carbocycles. The number of methoxy groups -OCH3 is 1. The van der Waals surface area contributed by atoms with Gasteiger partial charge < -0.3 is 14.8 Å². The second kappa shape index (κ2) is 3.95. The van der Waals surface area contributed by atoms with Crippen LogP contribution in [0.2, 0.25) is 0 Å². The van der Waals surface area contributed by atoms with E-state index >= 15 is 0 Å². The molecule has 0 bridgehead atoms. The molecule has 0 atom stereocenters. The number of H-pyrrole nitrogens is 1. The molecule has 0 spiro atoms. The van der Waals surface area contributed by atoms with Crippen LogP contribution in [0.3, 0.4) is 0 Å². The first-order valence-electron chi connectivity index (χ1n) is 4.03. The zero-order valence-corrected chi connectivity index (χ0v) is 7.96. The second-order valence-corrected chi connectivity index (χ2v) is 2.90. The first-order valence-corrected chi connectivity index (χ1v) is 4.03. The lowest BCUT2D eigenvalue weighted by Gasteiger charge is -2.06. The molecule has 0 unspecified atom stereocenters. The number of rotatable bonds is 3. The number of nitrogens with one attached hydrogen (secondary N) is 1. The van der Waals surface area contributed by atoms with Crippen molar-refractivity contribution in [2.75, 3.05) is 7.11 Å². The highest BCUT2D eigenvalue weighted by Gasteiger charge is 2.12. The van der Waals surface area contributed by atoms with E-state index in [4.69, 9.17) is 9.84 Å². The zero-order valence-electron chi connectivity index (χ0n) is 7.96. The molecule has 14 heavy (non-hydrogen) atoms. The van der Waals surface area contributed by atoms with E-state index in [9.17, 15) is 9.59 Å². The molecule has 0 saturated heterocycles. The largest absolute Gasteiger partial charge is 0.496 e. The molecule has 2 N–H and O–H groups in total. The Hall–Kier alpha value is -1.78. The van der Waals surface area contributed by atoms with Gasteiger partial charge in [0.2, 0.25) is 0 Å². The zero-order chi connectivity index (χ0) is 10.7. The summed E-state index contributed by atoms with van der Waals surface area (Å²) in [4.78, 5) is 24.3. The third-order valence-electron chi connectivity index (χ3n) is 1.78. The molecule has 1 aromatic heterocycles. The Morgan fingerprint density at radius 1 is 1.64 bits per heavy atom. The number of hydrogen-bond donors (Lipinski definition) is 2. The first-order chi connectivity index (χ1) is 6.54. The number of hydrogen-bond acceptors (Lipinski definition) is 3. The van der Waals surface area contributed by atoms with Crippen LogP contribution in [-0.4, -0.2) is 23.2 Å². The number of carboxylic acids is 1. The summed E-state index contributed by atoms with van der Waals surface area (Å²) in [7, 11) is 1.40. The van der Waals surface area contributed by atoms with Crippen LogP contribution in [0.4, 0.5) is 0 Å². The van der Waals surface area contributed by atoms with Crippen molar-refractivity contribution >= 4 is 5.97 Å². The minimum Gasteiger partial charge on any atom is -0.496 e. The molecular formula is C9H11NO4. The SMILES string of the molecule is COc1cc(C)[nH]c(=O)c1CC(=O)O. The third-order valence-corrected chi connectivity index (χ3v) is 1.78. The van der Waals surface area contributed by atoms with E-state index in [-0.39, 0.29) is 12.0 Å². The average molecular weight is 197 g/mol. The maximum Gasteiger partial charge on any atom is 0.308 e. The average Bonchev–Trinajstić information content (AvgIpc) is 2.08. The van der Waals surface area contributed by atoms with Crippen LogP contribution in [0, 0.1) is 6.92 Å². The van der Waals surface area contributed by atoms with Crippen LogP contribution in [0.5, 0.6) is 5.75 Å². The Labute approximate surface area is 80.3 Å². The summed E-state index contributed by atoms with van der Waals surface area (Å²) in [6.07, 6.45) is -0.335. The van der Waals surface area contributed by atoms with Gasteiger partial charge in [0.15, 0.2) is 0 Å². The maximum absolute atomic E-state index is 11.4. The van der Waals surface area contributed by atoms with Crippen molar-refractivity contribution in [3.63, 3.8) is 0 Å². The predicted octanol–water partition coefficient (Wildman–Crippen LogP) is 0.319. The van der Waals surface area contributed by atoms with Gasteiger partial charge in [0, 0.05) is 5.69 Å². The molecule has 1 aromatic rings. The van der Waals surface area contributed by atoms with E-state index in [1.54, 1.807) is 13.0 Å². The van der Waals surface area contributed by atoms with Crippen LogP contribution < -0.4 is 10.3 Å². The lowest BCUT2D eigenvalue weighted by molar-refractivity contribution is -0.136. The summed E-state index contributed by atoms with van der Waals surface area (Å²) in [5, 5.41) is 8.57. The molecule has 0 aliphatic rings. The minimum atomic E-state index is -1.06. The van der Waals surface area contributed by atoms with Gasteiger partial charge in [-0.25, -0.2) is 0 Å². The summed E-state index contributed by atoms with van der Waals surface area (Å²) in [5.41, 5.74) is 0.371. The van der Waals surface area contributed by atoms with E-state index < -0.39 is 11.5 Å². The van der Waals surface area contributed by atoms with E-state index in [1.807, 2.05) is 0 Å². The standard InChI is InChI=1S/C9H11NO4/c1-5-3-7(14-2)6(4-8(11)12)9(13)10-5/h3H,4H2,1-2H3,(H,10,13)(H,11,12). The lowest BCUT2D eigenvalue weighted by atomic mass is 10.1. The van der Waals surface area contributed by atoms with E-state index in [1.165, 1.54) is 7.11 Å². The monoisotopic (exact) mass is 197 g/mol. The van der Waals surface area contributed by atoms with Crippen LogP contribution in [0.15, 0.2) is 10.9 Å². The fourth-order valence-electron chi connectivity index (χ4n) is 1.19. The molecule has 5 nitrogen and oxygen atoms in total. The fourth-order valence-corrected chi connectivity index (χ4v) is 1.19. The van der Waals surface area contributed by atoms with Crippen LogP contribution in [0.1, 0.15) is 11.3 Å². The van der Waals surface area contributed by atoms with E-state index in [0.717, 1.165) is 0 Å². The molecular weight excluding hydrogens is 186 g/mol. The Bertz CT molecular complexity index is 408. The van der Waals surface area contributed by atoms with Gasteiger partial charge in [-0.05, 0) is 13.0 Å². The van der Waals surface area contributed by atoms with Gasteiger partial charge in [-0.15, -0.1) is 0 Å². The number of aryl methyl sites for hydroxylation is 1.